The lowest BCUT2D eigenvalue weighted by Gasteiger charge is -2.31. The molecule has 14 heteroatoms. The van der Waals surface area contributed by atoms with E-state index in [-0.39, 0.29) is 25.0 Å². The average molecular weight is 697 g/mol. The highest BCUT2D eigenvalue weighted by atomic mass is 16.7. The Morgan fingerprint density at radius 1 is 0.740 bits per heavy atom. The standard InChI is InChI=1S/C36H48N4O10/c1-10-47-33(44)29(20(2)3)39-30(41)23(6)40(50-32(43)22(5)38-35(46)49-36(7,8)9)31(42)21(4)37-34(45)48-19-28-26-17-13-11-15-24(26)25-16-12-14-18-27(25)28/h11-18,20-23,28-29H,10,19H2,1-9H3,(H,37,45)(H,38,46)(H,39,41)/t21-,22-,23+,29-/m0/s1. The highest BCUT2D eigenvalue weighted by Crippen LogP contribution is 2.44. The monoisotopic (exact) mass is 696 g/mol. The maximum atomic E-state index is 13.7. The minimum absolute atomic E-state index is 0.0173. The number of hydrogen-bond donors (Lipinski definition) is 3. The zero-order chi connectivity index (χ0) is 37.3. The first-order valence-corrected chi connectivity index (χ1v) is 16.6. The molecule has 14 nitrogen and oxygen atoms in total. The van der Waals surface area contributed by atoms with Crippen LogP contribution in [0.1, 0.15) is 79.4 Å². The van der Waals surface area contributed by atoms with Crippen molar-refractivity contribution in [3.63, 3.8) is 0 Å². The maximum Gasteiger partial charge on any atom is 0.408 e. The lowest BCUT2D eigenvalue weighted by Crippen LogP contribution is -2.58. The molecule has 0 bridgehead atoms. The summed E-state index contributed by atoms with van der Waals surface area (Å²) >= 11 is 0. The molecule has 0 radical (unpaired) electrons. The number of nitrogens with zero attached hydrogens (tertiary/aromatic N) is 1. The quantitative estimate of drug-likeness (QED) is 0.165. The Hall–Kier alpha value is -5.14. The third kappa shape index (κ3) is 10.2. The molecule has 0 aliphatic heterocycles. The minimum Gasteiger partial charge on any atom is -0.464 e. The normalized spacial score (nSPS) is 14.5. The fraction of sp³-hybridized carbons (Fsp3) is 0.500. The SMILES string of the molecule is CCOC(=O)[C@@H](NC(=O)[C@@H](C)N(OC(=O)[C@H](C)NC(=O)OC(C)(C)C)C(=O)[C@H](C)NC(=O)OCC1c2ccccc2-c2ccccc21)C(C)C. The molecule has 0 saturated carbocycles. The van der Waals surface area contributed by atoms with Crippen LogP contribution < -0.4 is 16.0 Å². The van der Waals surface area contributed by atoms with Crippen LogP contribution >= 0.6 is 0 Å². The topological polar surface area (TPSA) is 179 Å². The van der Waals surface area contributed by atoms with Gasteiger partial charge in [0.05, 0.1) is 6.61 Å². The van der Waals surface area contributed by atoms with E-state index in [1.54, 1.807) is 41.5 Å². The van der Waals surface area contributed by atoms with Gasteiger partial charge in [-0.05, 0) is 76.6 Å². The van der Waals surface area contributed by atoms with E-state index in [2.05, 4.69) is 16.0 Å². The summed E-state index contributed by atoms with van der Waals surface area (Å²) in [6, 6.07) is 10.4. The van der Waals surface area contributed by atoms with E-state index < -0.39 is 65.7 Å². The summed E-state index contributed by atoms with van der Waals surface area (Å²) in [4.78, 5) is 83.4. The first-order chi connectivity index (χ1) is 23.4. The molecule has 0 saturated heterocycles. The van der Waals surface area contributed by atoms with Crippen molar-refractivity contribution in [2.75, 3.05) is 13.2 Å². The number of carbonyl (C=O) groups excluding carboxylic acids is 6. The Morgan fingerprint density at radius 2 is 1.28 bits per heavy atom. The number of fused-ring (bicyclic) bond motifs is 3. The molecule has 0 fully saturated rings. The van der Waals surface area contributed by atoms with Gasteiger partial charge in [-0.2, -0.15) is 5.06 Å². The minimum atomic E-state index is -1.50. The Kier molecular flexibility index (Phi) is 13.4. The lowest BCUT2D eigenvalue weighted by molar-refractivity contribution is -0.209. The van der Waals surface area contributed by atoms with Gasteiger partial charge in [0.2, 0.25) is 5.91 Å². The number of hydrogen-bond acceptors (Lipinski definition) is 10. The van der Waals surface area contributed by atoms with E-state index in [0.717, 1.165) is 22.3 Å². The Bertz CT molecular complexity index is 1520. The molecule has 272 valence electrons. The molecule has 2 aromatic rings. The molecule has 0 unspecified atom stereocenters. The smallest absolute Gasteiger partial charge is 0.408 e. The average Bonchev–Trinajstić information content (AvgIpc) is 3.36. The third-order valence-corrected chi connectivity index (χ3v) is 7.78. The fourth-order valence-electron chi connectivity index (χ4n) is 5.21. The lowest BCUT2D eigenvalue weighted by atomic mass is 9.98. The first-order valence-electron chi connectivity index (χ1n) is 16.6. The Balaban J connectivity index is 1.76. The van der Waals surface area contributed by atoms with Gasteiger partial charge in [0.25, 0.3) is 5.91 Å². The van der Waals surface area contributed by atoms with Crippen LogP contribution in [0.25, 0.3) is 11.1 Å². The summed E-state index contributed by atoms with van der Waals surface area (Å²) in [5, 5.41) is 7.79. The largest absolute Gasteiger partial charge is 0.464 e. The fourth-order valence-corrected chi connectivity index (χ4v) is 5.21. The van der Waals surface area contributed by atoms with E-state index in [1.165, 1.54) is 20.8 Å². The number of benzene rings is 2. The van der Waals surface area contributed by atoms with Crippen molar-refractivity contribution in [1.29, 1.82) is 0 Å². The van der Waals surface area contributed by atoms with Gasteiger partial charge >= 0.3 is 24.1 Å². The molecule has 3 rings (SSSR count). The van der Waals surface area contributed by atoms with Crippen LogP contribution in [0.5, 0.6) is 0 Å². The summed E-state index contributed by atoms with van der Waals surface area (Å²) in [5.74, 6) is -4.24. The number of rotatable bonds is 12. The second-order valence-corrected chi connectivity index (χ2v) is 13.3. The van der Waals surface area contributed by atoms with Crippen molar-refractivity contribution < 1.29 is 47.8 Å². The van der Waals surface area contributed by atoms with Gasteiger partial charge in [-0.25, -0.2) is 19.2 Å². The molecule has 0 aromatic heterocycles. The van der Waals surface area contributed by atoms with Gasteiger partial charge in [0, 0.05) is 5.92 Å². The van der Waals surface area contributed by atoms with E-state index in [9.17, 15) is 28.8 Å². The van der Waals surface area contributed by atoms with E-state index >= 15 is 0 Å². The third-order valence-electron chi connectivity index (χ3n) is 7.78. The van der Waals surface area contributed by atoms with Gasteiger partial charge in [0.1, 0.15) is 36.4 Å². The van der Waals surface area contributed by atoms with Crippen molar-refractivity contribution >= 4 is 35.9 Å². The predicted molar refractivity (Wildman–Crippen MR) is 182 cm³/mol. The molecule has 0 spiro atoms. The maximum absolute atomic E-state index is 13.7. The second kappa shape index (κ2) is 17.0. The highest BCUT2D eigenvalue weighted by molar-refractivity contribution is 5.93. The number of amides is 4. The number of esters is 1. The highest BCUT2D eigenvalue weighted by Gasteiger charge is 2.38. The molecule has 4 atom stereocenters. The number of alkyl carbamates (subject to hydrolysis) is 2. The number of carbonyl (C=O) groups is 6. The van der Waals surface area contributed by atoms with Crippen LogP contribution in [0.15, 0.2) is 48.5 Å². The summed E-state index contributed by atoms with van der Waals surface area (Å²) in [6.07, 6.45) is -1.83. The summed E-state index contributed by atoms with van der Waals surface area (Å²) in [6.45, 7) is 13.9. The Morgan fingerprint density at radius 3 is 1.80 bits per heavy atom. The van der Waals surface area contributed by atoms with E-state index in [4.69, 9.17) is 19.0 Å². The number of nitrogens with one attached hydrogen (secondary N) is 3. The molecular formula is C36H48N4O10. The van der Waals surface area contributed by atoms with Gasteiger partial charge in [0.15, 0.2) is 0 Å². The predicted octanol–water partition coefficient (Wildman–Crippen LogP) is 4.21. The van der Waals surface area contributed by atoms with Crippen molar-refractivity contribution in [1.82, 2.24) is 21.0 Å². The van der Waals surface area contributed by atoms with Crippen LogP contribution in [0, 0.1) is 5.92 Å². The van der Waals surface area contributed by atoms with Crippen molar-refractivity contribution in [2.45, 2.75) is 98.0 Å². The van der Waals surface area contributed by atoms with Gasteiger partial charge in [-0.3, -0.25) is 9.59 Å². The van der Waals surface area contributed by atoms with Crippen LogP contribution in [-0.2, 0) is 38.2 Å². The molecule has 4 amide bonds. The Labute approximate surface area is 292 Å². The molecule has 1 aliphatic rings. The number of hydroxylamine groups is 2. The van der Waals surface area contributed by atoms with Gasteiger partial charge in [-0.15, -0.1) is 0 Å². The first kappa shape index (κ1) is 39.3. The number of ether oxygens (including phenoxy) is 3. The van der Waals surface area contributed by atoms with Gasteiger partial charge in [-0.1, -0.05) is 62.4 Å². The second-order valence-electron chi connectivity index (χ2n) is 13.3. The van der Waals surface area contributed by atoms with Crippen LogP contribution in [0.4, 0.5) is 9.59 Å². The van der Waals surface area contributed by atoms with Crippen molar-refractivity contribution in [3.05, 3.63) is 59.7 Å². The summed E-state index contributed by atoms with van der Waals surface area (Å²) in [5.41, 5.74) is 3.24. The zero-order valence-corrected chi connectivity index (χ0v) is 30.0. The molecule has 1 aliphatic carbocycles. The molecule has 0 heterocycles. The van der Waals surface area contributed by atoms with Crippen LogP contribution in [0.3, 0.4) is 0 Å². The zero-order valence-electron chi connectivity index (χ0n) is 30.0. The molecule has 2 aromatic carbocycles. The van der Waals surface area contributed by atoms with Crippen molar-refractivity contribution in [2.24, 2.45) is 5.92 Å². The van der Waals surface area contributed by atoms with Crippen LogP contribution in [-0.4, -0.2) is 84.0 Å². The summed E-state index contributed by atoms with van der Waals surface area (Å²) in [7, 11) is 0. The molecule has 3 N–H and O–H groups in total. The summed E-state index contributed by atoms with van der Waals surface area (Å²) < 4.78 is 15.8. The molecular weight excluding hydrogens is 648 g/mol. The molecule has 50 heavy (non-hydrogen) atoms. The van der Waals surface area contributed by atoms with Crippen LogP contribution in [0.2, 0.25) is 0 Å². The van der Waals surface area contributed by atoms with E-state index in [0.29, 0.717) is 5.06 Å². The van der Waals surface area contributed by atoms with E-state index in [1.807, 2.05) is 48.5 Å². The van der Waals surface area contributed by atoms with Gasteiger partial charge < -0.3 is 35.0 Å². The van der Waals surface area contributed by atoms with Crippen molar-refractivity contribution in [3.8, 4) is 11.1 Å².